The summed E-state index contributed by atoms with van der Waals surface area (Å²) in [4.78, 5) is 8.45. The van der Waals surface area contributed by atoms with Gasteiger partial charge in [0.2, 0.25) is 0 Å². The smallest absolute Gasteiger partial charge is 0.163 e. The van der Waals surface area contributed by atoms with E-state index in [9.17, 15) is 0 Å². The third-order valence-electron chi connectivity index (χ3n) is 2.50. The molecule has 0 spiro atoms. The standard InChI is InChI=1S/C9H11BrN4S/c10-8-5-3-12-4-13-6(5)1-2-7(8)14-9(11)15/h3-4,7-8H,1-2H2,(H3,11,14,15). The third-order valence-corrected chi connectivity index (χ3v) is 3.75. The molecule has 3 N–H and O–H groups in total. The van der Waals surface area contributed by atoms with Crippen LogP contribution in [0.2, 0.25) is 0 Å². The van der Waals surface area contributed by atoms with Crippen molar-refractivity contribution in [3.63, 3.8) is 0 Å². The van der Waals surface area contributed by atoms with Gasteiger partial charge >= 0.3 is 0 Å². The van der Waals surface area contributed by atoms with E-state index in [0.29, 0.717) is 5.11 Å². The lowest BCUT2D eigenvalue weighted by Crippen LogP contribution is -2.42. The minimum Gasteiger partial charge on any atom is -0.376 e. The molecule has 1 heterocycles. The largest absolute Gasteiger partial charge is 0.376 e. The van der Waals surface area contributed by atoms with Crippen LogP contribution < -0.4 is 11.1 Å². The van der Waals surface area contributed by atoms with Gasteiger partial charge in [-0.25, -0.2) is 9.97 Å². The Morgan fingerprint density at radius 1 is 1.67 bits per heavy atom. The molecule has 1 aromatic rings. The number of thiocarbonyl (C=S) groups is 1. The third kappa shape index (κ3) is 2.26. The molecule has 2 atom stereocenters. The summed E-state index contributed by atoms with van der Waals surface area (Å²) in [5.74, 6) is 0. The number of aromatic nitrogens is 2. The minimum atomic E-state index is 0.170. The fourth-order valence-electron chi connectivity index (χ4n) is 1.79. The van der Waals surface area contributed by atoms with Crippen molar-refractivity contribution < 1.29 is 0 Å². The van der Waals surface area contributed by atoms with E-state index in [1.165, 1.54) is 0 Å². The molecular formula is C9H11BrN4S. The summed E-state index contributed by atoms with van der Waals surface area (Å²) < 4.78 is 0. The first-order valence-corrected chi connectivity index (χ1v) is 5.99. The van der Waals surface area contributed by atoms with Gasteiger partial charge in [0, 0.05) is 23.5 Å². The number of nitrogens with two attached hydrogens (primary N) is 1. The Labute approximate surface area is 102 Å². The molecular weight excluding hydrogens is 276 g/mol. The summed E-state index contributed by atoms with van der Waals surface area (Å²) in [5.41, 5.74) is 7.70. The van der Waals surface area contributed by atoms with Crippen molar-refractivity contribution in [2.24, 2.45) is 5.73 Å². The van der Waals surface area contributed by atoms with Crippen LogP contribution in [0, 0.1) is 0 Å². The summed E-state index contributed by atoms with van der Waals surface area (Å²) in [7, 11) is 0. The van der Waals surface area contributed by atoms with Crippen molar-refractivity contribution in [2.75, 3.05) is 0 Å². The highest BCUT2D eigenvalue weighted by Gasteiger charge is 2.28. The molecule has 0 aliphatic heterocycles. The van der Waals surface area contributed by atoms with Crippen molar-refractivity contribution in [3.8, 4) is 0 Å². The van der Waals surface area contributed by atoms with Gasteiger partial charge in [-0.3, -0.25) is 0 Å². The quantitative estimate of drug-likeness (QED) is 0.597. The van der Waals surface area contributed by atoms with E-state index in [-0.39, 0.29) is 10.9 Å². The predicted molar refractivity (Wildman–Crippen MR) is 65.7 cm³/mol. The second kappa shape index (κ2) is 4.40. The summed E-state index contributed by atoms with van der Waals surface area (Å²) in [5, 5.41) is 3.42. The molecule has 0 amide bonds. The van der Waals surface area contributed by atoms with Gasteiger partial charge < -0.3 is 11.1 Å². The molecule has 2 unspecified atom stereocenters. The van der Waals surface area contributed by atoms with Crippen LogP contribution >= 0.6 is 28.1 Å². The highest BCUT2D eigenvalue weighted by molar-refractivity contribution is 9.09. The highest BCUT2D eigenvalue weighted by atomic mass is 79.9. The van der Waals surface area contributed by atoms with Crippen LogP contribution in [-0.2, 0) is 6.42 Å². The average molecular weight is 287 g/mol. The highest BCUT2D eigenvalue weighted by Crippen LogP contribution is 2.34. The van der Waals surface area contributed by atoms with E-state index in [1.807, 2.05) is 6.20 Å². The van der Waals surface area contributed by atoms with Crippen LogP contribution in [0.4, 0.5) is 0 Å². The van der Waals surface area contributed by atoms with Crippen LogP contribution in [0.3, 0.4) is 0 Å². The topological polar surface area (TPSA) is 63.8 Å². The number of alkyl halides is 1. The van der Waals surface area contributed by atoms with Crippen LogP contribution in [0.1, 0.15) is 22.5 Å². The Morgan fingerprint density at radius 3 is 3.20 bits per heavy atom. The molecule has 4 nitrogen and oxygen atoms in total. The molecule has 1 aromatic heterocycles. The normalized spacial score (nSPS) is 24.3. The van der Waals surface area contributed by atoms with E-state index >= 15 is 0 Å². The Bertz CT molecular complexity index is 384. The number of hydrogen-bond acceptors (Lipinski definition) is 3. The second-order valence-corrected chi connectivity index (χ2v) is 4.91. The zero-order valence-electron chi connectivity index (χ0n) is 7.98. The molecule has 0 saturated heterocycles. The molecule has 2 rings (SSSR count). The van der Waals surface area contributed by atoms with Gasteiger partial charge in [-0.1, -0.05) is 15.9 Å². The molecule has 1 aliphatic rings. The van der Waals surface area contributed by atoms with E-state index in [0.717, 1.165) is 24.1 Å². The molecule has 6 heteroatoms. The van der Waals surface area contributed by atoms with Crippen molar-refractivity contribution in [1.29, 1.82) is 0 Å². The van der Waals surface area contributed by atoms with Gasteiger partial charge in [0.25, 0.3) is 0 Å². The van der Waals surface area contributed by atoms with Crippen molar-refractivity contribution in [1.82, 2.24) is 15.3 Å². The molecule has 1 aliphatic carbocycles. The van der Waals surface area contributed by atoms with Crippen molar-refractivity contribution in [3.05, 3.63) is 23.8 Å². The lowest BCUT2D eigenvalue weighted by molar-refractivity contribution is 0.516. The van der Waals surface area contributed by atoms with Gasteiger partial charge in [0.15, 0.2) is 5.11 Å². The number of fused-ring (bicyclic) bond motifs is 1. The summed E-state index contributed by atoms with van der Waals surface area (Å²) in [6.07, 6.45) is 5.33. The van der Waals surface area contributed by atoms with Crippen LogP contribution in [0.5, 0.6) is 0 Å². The molecule has 15 heavy (non-hydrogen) atoms. The summed E-state index contributed by atoms with van der Waals surface area (Å²) >= 11 is 8.47. The summed E-state index contributed by atoms with van der Waals surface area (Å²) in [6.45, 7) is 0. The number of nitrogens with zero attached hydrogens (tertiary/aromatic N) is 2. The number of halogens is 1. The lowest BCUT2D eigenvalue weighted by Gasteiger charge is -2.29. The predicted octanol–water partition coefficient (Wildman–Crippen LogP) is 1.06. The van der Waals surface area contributed by atoms with E-state index in [2.05, 4.69) is 31.2 Å². The molecule has 0 aromatic carbocycles. The van der Waals surface area contributed by atoms with Crippen LogP contribution in [0.25, 0.3) is 0 Å². The van der Waals surface area contributed by atoms with Gasteiger partial charge in [0.1, 0.15) is 6.33 Å². The van der Waals surface area contributed by atoms with Crippen LogP contribution in [0.15, 0.2) is 12.5 Å². The molecule has 0 bridgehead atoms. The second-order valence-electron chi connectivity index (χ2n) is 3.48. The molecule has 0 fully saturated rings. The van der Waals surface area contributed by atoms with E-state index < -0.39 is 0 Å². The first kappa shape index (κ1) is 10.8. The Hall–Kier alpha value is -0.750. The number of aryl methyl sites for hydroxylation is 1. The van der Waals surface area contributed by atoms with Crippen molar-refractivity contribution in [2.45, 2.75) is 23.7 Å². The Balaban J connectivity index is 2.22. The molecule has 0 radical (unpaired) electrons. The van der Waals surface area contributed by atoms with Gasteiger partial charge in [-0.05, 0) is 25.1 Å². The maximum Gasteiger partial charge on any atom is 0.163 e. The van der Waals surface area contributed by atoms with Gasteiger partial charge in [-0.15, -0.1) is 0 Å². The van der Waals surface area contributed by atoms with Crippen LogP contribution in [-0.4, -0.2) is 21.1 Å². The zero-order valence-corrected chi connectivity index (χ0v) is 10.4. The lowest BCUT2D eigenvalue weighted by atomic mass is 9.93. The maximum absolute atomic E-state index is 5.47. The Morgan fingerprint density at radius 2 is 2.47 bits per heavy atom. The number of nitrogens with one attached hydrogen (secondary N) is 1. The zero-order chi connectivity index (χ0) is 10.8. The fourth-order valence-corrected chi connectivity index (χ4v) is 2.72. The SMILES string of the molecule is NC(=S)NC1CCc2ncncc2C1Br. The number of rotatable bonds is 1. The average Bonchev–Trinajstić information content (AvgIpc) is 2.22. The fraction of sp³-hybridized carbons (Fsp3) is 0.444. The monoisotopic (exact) mass is 286 g/mol. The Kier molecular flexibility index (Phi) is 3.16. The maximum atomic E-state index is 5.47. The van der Waals surface area contributed by atoms with Crippen molar-refractivity contribution >= 4 is 33.3 Å². The molecule has 0 saturated carbocycles. The number of hydrogen-bond donors (Lipinski definition) is 2. The van der Waals surface area contributed by atoms with E-state index in [1.54, 1.807) is 6.33 Å². The first-order valence-electron chi connectivity index (χ1n) is 4.67. The van der Waals surface area contributed by atoms with Gasteiger partial charge in [-0.2, -0.15) is 0 Å². The molecule has 80 valence electrons. The summed E-state index contributed by atoms with van der Waals surface area (Å²) in [6, 6.07) is 0.223. The first-order chi connectivity index (χ1) is 7.18. The van der Waals surface area contributed by atoms with E-state index in [4.69, 9.17) is 18.0 Å². The van der Waals surface area contributed by atoms with Gasteiger partial charge in [0.05, 0.1) is 4.83 Å². The minimum absolute atomic E-state index is 0.170.